The number of piperidine rings is 1. The van der Waals surface area contributed by atoms with Gasteiger partial charge in [0.15, 0.2) is 0 Å². The molecule has 36 heavy (non-hydrogen) atoms. The van der Waals surface area contributed by atoms with Gasteiger partial charge in [0.25, 0.3) is 0 Å². The first-order valence-corrected chi connectivity index (χ1v) is 14.7. The molecule has 0 spiro atoms. The Bertz CT molecular complexity index is 1090. The molecule has 1 aliphatic carbocycles. The molecule has 10 heteroatoms. The van der Waals surface area contributed by atoms with E-state index in [1.807, 2.05) is 26.8 Å². The van der Waals surface area contributed by atoms with E-state index in [1.54, 1.807) is 10.4 Å². The normalized spacial score (nSPS) is 20.4. The number of aromatic nitrogens is 1. The number of benzene rings is 1. The largest absolute Gasteiger partial charge is 0.573 e. The number of hydrogen-bond acceptors (Lipinski definition) is 4. The summed E-state index contributed by atoms with van der Waals surface area (Å²) in [5, 5.41) is 5.91. The fraction of sp³-hybridized carbons (Fsp3) is 0.615. The second kappa shape index (κ2) is 11.1. The third-order valence-electron chi connectivity index (χ3n) is 7.54. The van der Waals surface area contributed by atoms with Crippen molar-refractivity contribution in [1.29, 1.82) is 0 Å². The molecular weight excluding hydrogens is 507 g/mol. The maximum absolute atomic E-state index is 13.6. The van der Waals surface area contributed by atoms with Crippen LogP contribution in [0.15, 0.2) is 34.1 Å². The van der Waals surface area contributed by atoms with Gasteiger partial charge in [-0.3, -0.25) is 5.14 Å². The lowest BCUT2D eigenvalue weighted by Crippen LogP contribution is -2.48. The minimum atomic E-state index is -4.90. The highest BCUT2D eigenvalue weighted by molar-refractivity contribution is 7.97. The average Bonchev–Trinajstić information content (AvgIpc) is 3.13. The summed E-state index contributed by atoms with van der Waals surface area (Å²) in [5.74, 6) is 0.114. The van der Waals surface area contributed by atoms with E-state index in [4.69, 9.17) is 5.14 Å². The van der Waals surface area contributed by atoms with Crippen molar-refractivity contribution < 1.29 is 22.1 Å². The SMILES string of the molecule is Cc1c(SN)cc(-c2ccc(S(=O)N3CCCCC3(C)C)c(OC(F)(F)F)c2)n1CC1CCCCC1. The van der Waals surface area contributed by atoms with Crippen molar-refractivity contribution in [2.45, 2.75) is 100 Å². The first kappa shape index (κ1) is 27.5. The van der Waals surface area contributed by atoms with Crippen LogP contribution in [0.3, 0.4) is 0 Å². The Morgan fingerprint density at radius 2 is 1.86 bits per heavy atom. The molecule has 1 unspecified atom stereocenters. The maximum Gasteiger partial charge on any atom is 0.573 e. The Labute approximate surface area is 218 Å². The number of hydrogen-bond donors (Lipinski definition) is 1. The molecule has 1 aromatic carbocycles. The number of halogens is 3. The highest BCUT2D eigenvalue weighted by Gasteiger charge is 2.38. The minimum absolute atomic E-state index is 0.0431. The minimum Gasteiger partial charge on any atom is -0.404 e. The van der Waals surface area contributed by atoms with E-state index in [1.165, 1.54) is 31.4 Å². The van der Waals surface area contributed by atoms with Gasteiger partial charge in [-0.15, -0.1) is 13.2 Å². The predicted molar refractivity (Wildman–Crippen MR) is 139 cm³/mol. The molecule has 1 atom stereocenters. The lowest BCUT2D eigenvalue weighted by Gasteiger charge is -2.41. The molecule has 2 fully saturated rings. The van der Waals surface area contributed by atoms with Crippen LogP contribution >= 0.6 is 11.9 Å². The van der Waals surface area contributed by atoms with E-state index in [0.29, 0.717) is 18.0 Å². The Morgan fingerprint density at radius 1 is 1.14 bits per heavy atom. The van der Waals surface area contributed by atoms with E-state index >= 15 is 0 Å². The number of nitrogens with zero attached hydrogens (tertiary/aromatic N) is 2. The monoisotopic (exact) mass is 543 g/mol. The highest BCUT2D eigenvalue weighted by Crippen LogP contribution is 2.40. The Hall–Kier alpha value is -1.49. The van der Waals surface area contributed by atoms with E-state index in [9.17, 15) is 17.4 Å². The number of nitrogens with two attached hydrogens (primary N) is 1. The van der Waals surface area contributed by atoms with Crippen LogP contribution in [0.4, 0.5) is 13.2 Å². The number of alkyl halides is 3. The molecule has 1 saturated heterocycles. The van der Waals surface area contributed by atoms with Crippen LogP contribution in [0, 0.1) is 12.8 Å². The van der Waals surface area contributed by atoms with Crippen LogP contribution in [0.1, 0.15) is 70.9 Å². The van der Waals surface area contributed by atoms with Gasteiger partial charge >= 0.3 is 6.36 Å². The zero-order valence-electron chi connectivity index (χ0n) is 21.2. The molecule has 1 aliphatic heterocycles. The second-order valence-electron chi connectivity index (χ2n) is 10.5. The van der Waals surface area contributed by atoms with Crippen molar-refractivity contribution >= 4 is 22.9 Å². The van der Waals surface area contributed by atoms with Crippen molar-refractivity contribution in [2.24, 2.45) is 11.1 Å². The third kappa shape index (κ3) is 6.14. The number of ether oxygens (including phenoxy) is 1. The molecular formula is C26H36F3N3O2S2. The van der Waals surface area contributed by atoms with Crippen molar-refractivity contribution in [1.82, 2.24) is 8.87 Å². The highest BCUT2D eigenvalue weighted by atomic mass is 32.2. The zero-order chi connectivity index (χ0) is 26.1. The van der Waals surface area contributed by atoms with Gasteiger partial charge < -0.3 is 9.30 Å². The van der Waals surface area contributed by atoms with Gasteiger partial charge in [-0.25, -0.2) is 8.51 Å². The summed E-state index contributed by atoms with van der Waals surface area (Å²) in [6.07, 6.45) is 3.75. The van der Waals surface area contributed by atoms with Crippen molar-refractivity contribution in [3.63, 3.8) is 0 Å². The molecule has 5 nitrogen and oxygen atoms in total. The lowest BCUT2D eigenvalue weighted by molar-refractivity contribution is -0.275. The smallest absolute Gasteiger partial charge is 0.404 e. The Morgan fingerprint density at radius 3 is 2.50 bits per heavy atom. The lowest BCUT2D eigenvalue weighted by atomic mass is 9.89. The van der Waals surface area contributed by atoms with E-state index in [0.717, 1.165) is 66.9 Å². The summed E-state index contributed by atoms with van der Waals surface area (Å²) in [5.41, 5.74) is 2.01. The Balaban J connectivity index is 1.75. The molecule has 2 aliphatic rings. The molecule has 1 saturated carbocycles. The standard InChI is InChI=1S/C26H36F3N3O2S2/c1-18-23(35-30)16-21(31(18)17-19-9-5-4-6-10-19)20-11-12-24(22(15-20)34-26(27,28)29)36(33)32-14-8-7-13-25(32,2)3/h11-12,15-16,19H,4-10,13-14,17,30H2,1-3H3. The number of rotatable bonds is 7. The molecule has 0 bridgehead atoms. The van der Waals surface area contributed by atoms with Crippen LogP contribution in [0.2, 0.25) is 0 Å². The molecule has 0 amide bonds. The van der Waals surface area contributed by atoms with Gasteiger partial charge in [0, 0.05) is 40.5 Å². The van der Waals surface area contributed by atoms with Gasteiger partial charge in [0.05, 0.1) is 4.90 Å². The second-order valence-corrected chi connectivity index (χ2v) is 12.6. The molecule has 4 rings (SSSR count). The molecule has 0 radical (unpaired) electrons. The van der Waals surface area contributed by atoms with Crippen molar-refractivity contribution in [2.75, 3.05) is 6.54 Å². The summed E-state index contributed by atoms with van der Waals surface area (Å²) in [4.78, 5) is 0.934. The van der Waals surface area contributed by atoms with Gasteiger partial charge in [0.1, 0.15) is 16.7 Å². The van der Waals surface area contributed by atoms with Gasteiger partial charge in [-0.05, 0) is 82.5 Å². The van der Waals surface area contributed by atoms with Crippen LogP contribution in [0.25, 0.3) is 11.3 Å². The molecule has 2 heterocycles. The summed E-state index contributed by atoms with van der Waals surface area (Å²) >= 11 is 1.14. The van der Waals surface area contributed by atoms with E-state index in [-0.39, 0.29) is 10.4 Å². The summed E-state index contributed by atoms with van der Waals surface area (Å²) in [7, 11) is -1.78. The van der Waals surface area contributed by atoms with Gasteiger partial charge in [-0.2, -0.15) is 0 Å². The topological polar surface area (TPSA) is 60.5 Å². The van der Waals surface area contributed by atoms with Gasteiger partial charge in [0.2, 0.25) is 0 Å². The first-order chi connectivity index (χ1) is 17.0. The molecule has 2 aromatic rings. The van der Waals surface area contributed by atoms with Crippen LogP contribution < -0.4 is 9.88 Å². The maximum atomic E-state index is 13.6. The van der Waals surface area contributed by atoms with E-state index < -0.39 is 23.1 Å². The quantitative estimate of drug-likeness (QED) is 0.375. The summed E-state index contributed by atoms with van der Waals surface area (Å²) in [6, 6.07) is 6.60. The zero-order valence-corrected chi connectivity index (χ0v) is 22.8. The molecule has 200 valence electrons. The fourth-order valence-electron chi connectivity index (χ4n) is 5.52. The summed E-state index contributed by atoms with van der Waals surface area (Å²) < 4.78 is 62.4. The summed E-state index contributed by atoms with van der Waals surface area (Å²) in [6.45, 7) is 7.32. The average molecular weight is 544 g/mol. The Kier molecular flexibility index (Phi) is 8.49. The first-order valence-electron chi connectivity index (χ1n) is 12.7. The van der Waals surface area contributed by atoms with E-state index in [2.05, 4.69) is 9.30 Å². The van der Waals surface area contributed by atoms with Crippen molar-refractivity contribution in [3.8, 4) is 17.0 Å². The van der Waals surface area contributed by atoms with Crippen LogP contribution in [-0.4, -0.2) is 31.5 Å². The predicted octanol–water partition coefficient (Wildman–Crippen LogP) is 7.20. The van der Waals surface area contributed by atoms with Crippen LogP contribution in [0.5, 0.6) is 5.75 Å². The third-order valence-corrected chi connectivity index (χ3v) is 10.00. The molecule has 1 aromatic heterocycles. The van der Waals surface area contributed by atoms with Crippen LogP contribution in [-0.2, 0) is 17.5 Å². The molecule has 2 N–H and O–H groups in total. The van der Waals surface area contributed by atoms with Crippen molar-refractivity contribution in [3.05, 3.63) is 30.0 Å². The fourth-order valence-corrected chi connectivity index (χ4v) is 7.51. The van der Waals surface area contributed by atoms with Gasteiger partial charge in [-0.1, -0.05) is 31.7 Å².